The molecule has 0 atom stereocenters. The molecule has 1 heterocycles. The summed E-state index contributed by atoms with van der Waals surface area (Å²) in [6.07, 6.45) is 6.28. The van der Waals surface area contributed by atoms with Crippen LogP contribution in [0.3, 0.4) is 0 Å². The molecule has 1 fully saturated rings. The Morgan fingerprint density at radius 3 is 2.41 bits per heavy atom. The quantitative estimate of drug-likeness (QED) is 0.780. The molecule has 0 radical (unpaired) electrons. The maximum Gasteiger partial charge on any atom is 0.0759 e. The molecule has 0 bridgehead atoms. The van der Waals surface area contributed by atoms with Crippen LogP contribution in [0.25, 0.3) is 0 Å². The van der Waals surface area contributed by atoms with Crippen molar-refractivity contribution >= 4 is 27.4 Å². The van der Waals surface area contributed by atoms with Crippen LogP contribution in [0.4, 0.5) is 0 Å². The first kappa shape index (κ1) is 11.1. The average Bonchev–Trinajstić information content (AvgIpc) is 3.00. The Bertz CT molecular complexity index is 468. The van der Waals surface area contributed by atoms with E-state index in [0.717, 1.165) is 16.6 Å². The molecular formula is C14H15BrN2. The van der Waals surface area contributed by atoms with Gasteiger partial charge in [-0.05, 0) is 36.5 Å². The van der Waals surface area contributed by atoms with Crippen LogP contribution in [-0.2, 0) is 0 Å². The van der Waals surface area contributed by atoms with Gasteiger partial charge in [0, 0.05) is 16.6 Å². The van der Waals surface area contributed by atoms with Gasteiger partial charge in [0.05, 0.1) is 5.71 Å². The molecule has 1 aromatic carbocycles. The van der Waals surface area contributed by atoms with Crippen molar-refractivity contribution in [1.82, 2.24) is 0 Å². The van der Waals surface area contributed by atoms with E-state index in [4.69, 9.17) is 0 Å². The lowest BCUT2D eigenvalue weighted by Crippen LogP contribution is -2.12. The third kappa shape index (κ3) is 2.34. The Labute approximate surface area is 110 Å². The molecule has 2 nitrogen and oxygen atoms in total. The molecule has 1 aliphatic heterocycles. The van der Waals surface area contributed by atoms with Crippen LogP contribution in [0.15, 0.2) is 38.9 Å². The monoisotopic (exact) mass is 290 g/mol. The summed E-state index contributed by atoms with van der Waals surface area (Å²) in [5.74, 6) is 0.701. The van der Waals surface area contributed by atoms with Crippen LogP contribution < -0.4 is 0 Å². The standard InChI is InChI=1S/C14H15BrN2/c15-12-7-5-11(6-8-12)14-9-13(16-17-14)10-3-1-2-4-10/h5-8,10H,1-4,9H2. The molecule has 3 heteroatoms. The fraction of sp³-hybridized carbons (Fsp3) is 0.429. The normalized spacial score (nSPS) is 20.5. The van der Waals surface area contributed by atoms with E-state index < -0.39 is 0 Å². The topological polar surface area (TPSA) is 24.7 Å². The van der Waals surface area contributed by atoms with Gasteiger partial charge in [-0.25, -0.2) is 0 Å². The fourth-order valence-corrected chi connectivity index (χ4v) is 2.92. The van der Waals surface area contributed by atoms with Crippen molar-refractivity contribution in [3.63, 3.8) is 0 Å². The third-order valence-corrected chi connectivity index (χ3v) is 4.18. The lowest BCUT2D eigenvalue weighted by atomic mass is 9.95. The number of rotatable bonds is 2. The minimum absolute atomic E-state index is 0.701. The van der Waals surface area contributed by atoms with Gasteiger partial charge in [-0.15, -0.1) is 0 Å². The van der Waals surface area contributed by atoms with Gasteiger partial charge < -0.3 is 0 Å². The van der Waals surface area contributed by atoms with E-state index in [2.05, 4.69) is 50.4 Å². The Hall–Kier alpha value is -0.960. The molecule has 0 spiro atoms. The lowest BCUT2D eigenvalue weighted by molar-refractivity contribution is 0.721. The van der Waals surface area contributed by atoms with Gasteiger partial charge in [0.1, 0.15) is 0 Å². The molecule has 0 aromatic heterocycles. The van der Waals surface area contributed by atoms with Crippen molar-refractivity contribution in [2.75, 3.05) is 0 Å². The van der Waals surface area contributed by atoms with Crippen molar-refractivity contribution in [3.8, 4) is 0 Å². The Balaban J connectivity index is 1.71. The van der Waals surface area contributed by atoms with Crippen molar-refractivity contribution in [2.45, 2.75) is 32.1 Å². The van der Waals surface area contributed by atoms with E-state index in [1.807, 2.05) is 0 Å². The molecule has 0 saturated heterocycles. The molecule has 1 aliphatic carbocycles. The number of benzene rings is 1. The van der Waals surface area contributed by atoms with Crippen LogP contribution in [0, 0.1) is 5.92 Å². The summed E-state index contributed by atoms with van der Waals surface area (Å²) >= 11 is 3.45. The Morgan fingerprint density at radius 2 is 1.71 bits per heavy atom. The zero-order valence-electron chi connectivity index (χ0n) is 9.69. The van der Waals surface area contributed by atoms with Crippen molar-refractivity contribution in [2.24, 2.45) is 16.1 Å². The number of hydrogen-bond acceptors (Lipinski definition) is 2. The second-order valence-corrected chi connectivity index (χ2v) is 5.72. The fourth-order valence-electron chi connectivity index (χ4n) is 2.65. The van der Waals surface area contributed by atoms with Crippen LogP contribution >= 0.6 is 15.9 Å². The van der Waals surface area contributed by atoms with Gasteiger partial charge in [0.15, 0.2) is 0 Å². The van der Waals surface area contributed by atoms with E-state index in [1.54, 1.807) is 0 Å². The predicted octanol–water partition coefficient (Wildman–Crippen LogP) is 4.19. The SMILES string of the molecule is Brc1ccc(C2=NN=C(C3CCCC3)C2)cc1. The second-order valence-electron chi connectivity index (χ2n) is 4.80. The molecule has 1 saturated carbocycles. The van der Waals surface area contributed by atoms with Gasteiger partial charge in [-0.2, -0.15) is 10.2 Å². The highest BCUT2D eigenvalue weighted by Crippen LogP contribution is 2.29. The predicted molar refractivity (Wildman–Crippen MR) is 74.7 cm³/mol. The second kappa shape index (κ2) is 4.73. The molecule has 88 valence electrons. The minimum Gasteiger partial charge on any atom is -0.159 e. The summed E-state index contributed by atoms with van der Waals surface area (Å²) in [6.45, 7) is 0. The largest absolute Gasteiger partial charge is 0.159 e. The van der Waals surface area contributed by atoms with Gasteiger partial charge in [-0.3, -0.25) is 0 Å². The zero-order valence-corrected chi connectivity index (χ0v) is 11.3. The molecule has 0 unspecified atom stereocenters. The first-order chi connectivity index (χ1) is 8.33. The number of nitrogens with zero attached hydrogens (tertiary/aromatic N) is 2. The smallest absolute Gasteiger partial charge is 0.0759 e. The minimum atomic E-state index is 0.701. The number of halogens is 1. The molecule has 17 heavy (non-hydrogen) atoms. The lowest BCUT2D eigenvalue weighted by Gasteiger charge is -2.07. The summed E-state index contributed by atoms with van der Waals surface area (Å²) in [6, 6.07) is 8.34. The highest BCUT2D eigenvalue weighted by Gasteiger charge is 2.25. The third-order valence-electron chi connectivity index (χ3n) is 3.65. The maximum absolute atomic E-state index is 4.39. The van der Waals surface area contributed by atoms with Crippen molar-refractivity contribution < 1.29 is 0 Å². The first-order valence-corrected chi connectivity index (χ1v) is 7.01. The van der Waals surface area contributed by atoms with E-state index in [0.29, 0.717) is 5.92 Å². The van der Waals surface area contributed by atoms with Crippen LogP contribution in [-0.4, -0.2) is 11.4 Å². The Kier molecular flexibility index (Phi) is 3.10. The summed E-state index contributed by atoms with van der Waals surface area (Å²) in [5.41, 5.74) is 3.63. The van der Waals surface area contributed by atoms with Crippen molar-refractivity contribution in [3.05, 3.63) is 34.3 Å². The van der Waals surface area contributed by atoms with E-state index >= 15 is 0 Å². The Morgan fingerprint density at radius 1 is 1.00 bits per heavy atom. The highest BCUT2D eigenvalue weighted by molar-refractivity contribution is 9.10. The van der Waals surface area contributed by atoms with Gasteiger partial charge in [0.25, 0.3) is 0 Å². The molecule has 0 amide bonds. The number of hydrogen-bond donors (Lipinski definition) is 0. The summed E-state index contributed by atoms with van der Waals surface area (Å²) in [5, 5.41) is 8.74. The van der Waals surface area contributed by atoms with Crippen LogP contribution in [0.1, 0.15) is 37.7 Å². The molecule has 3 rings (SSSR count). The molecule has 0 N–H and O–H groups in total. The van der Waals surface area contributed by atoms with Crippen LogP contribution in [0.2, 0.25) is 0 Å². The molecule has 2 aliphatic rings. The summed E-state index contributed by atoms with van der Waals surface area (Å²) < 4.78 is 1.11. The first-order valence-electron chi connectivity index (χ1n) is 6.22. The molecule has 1 aromatic rings. The summed E-state index contributed by atoms with van der Waals surface area (Å²) in [4.78, 5) is 0. The van der Waals surface area contributed by atoms with Crippen LogP contribution in [0.5, 0.6) is 0 Å². The molecular weight excluding hydrogens is 276 g/mol. The van der Waals surface area contributed by atoms with E-state index in [-0.39, 0.29) is 0 Å². The highest BCUT2D eigenvalue weighted by atomic mass is 79.9. The van der Waals surface area contributed by atoms with Gasteiger partial charge >= 0.3 is 0 Å². The van der Waals surface area contributed by atoms with E-state index in [9.17, 15) is 0 Å². The van der Waals surface area contributed by atoms with Crippen molar-refractivity contribution in [1.29, 1.82) is 0 Å². The van der Waals surface area contributed by atoms with Gasteiger partial charge in [0.2, 0.25) is 0 Å². The zero-order chi connectivity index (χ0) is 11.7. The van der Waals surface area contributed by atoms with Gasteiger partial charge in [-0.1, -0.05) is 40.9 Å². The maximum atomic E-state index is 4.39. The van der Waals surface area contributed by atoms with E-state index in [1.165, 1.54) is 37.0 Å². The average molecular weight is 291 g/mol. The summed E-state index contributed by atoms with van der Waals surface area (Å²) in [7, 11) is 0.